The summed E-state index contributed by atoms with van der Waals surface area (Å²) in [4.78, 5) is 14.5. The molecule has 0 saturated carbocycles. The van der Waals surface area contributed by atoms with E-state index in [2.05, 4.69) is 10.2 Å². The van der Waals surface area contributed by atoms with Gasteiger partial charge >= 0.3 is 0 Å². The molecule has 0 radical (unpaired) electrons. The van der Waals surface area contributed by atoms with E-state index in [0.717, 1.165) is 18.7 Å². The normalized spacial score (nSPS) is 19.0. The van der Waals surface area contributed by atoms with Crippen LogP contribution in [0.4, 0.5) is 0 Å². The highest BCUT2D eigenvalue weighted by molar-refractivity contribution is 6.35. The van der Waals surface area contributed by atoms with Gasteiger partial charge in [0.2, 0.25) is 5.91 Å². The summed E-state index contributed by atoms with van der Waals surface area (Å²) in [5.41, 5.74) is 0.864. The van der Waals surface area contributed by atoms with Crippen molar-refractivity contribution in [2.24, 2.45) is 0 Å². The van der Waals surface area contributed by atoms with E-state index in [9.17, 15) is 4.79 Å². The molecule has 1 aromatic rings. The number of benzene rings is 1. The minimum atomic E-state index is -0.178. The van der Waals surface area contributed by atoms with Gasteiger partial charge in [0.05, 0.1) is 25.3 Å². The number of rotatable bonds is 4. The zero-order valence-corrected chi connectivity index (χ0v) is 13.7. The van der Waals surface area contributed by atoms with E-state index in [0.29, 0.717) is 23.3 Å². The number of carbonyl (C=O) groups is 1. The first-order valence-electron chi connectivity index (χ1n) is 7.06. The Labute approximate surface area is 135 Å². The van der Waals surface area contributed by atoms with E-state index in [-0.39, 0.29) is 18.0 Å². The number of halogens is 2. The van der Waals surface area contributed by atoms with Crippen LogP contribution < -0.4 is 5.32 Å². The lowest BCUT2D eigenvalue weighted by molar-refractivity contribution is -0.128. The molecule has 1 saturated heterocycles. The monoisotopic (exact) mass is 330 g/mol. The fourth-order valence-electron chi connectivity index (χ4n) is 2.40. The number of amides is 1. The van der Waals surface area contributed by atoms with E-state index in [4.69, 9.17) is 27.9 Å². The predicted octanol–water partition coefficient (Wildman–Crippen LogP) is 2.89. The summed E-state index contributed by atoms with van der Waals surface area (Å²) in [6, 6.07) is 4.96. The van der Waals surface area contributed by atoms with Gasteiger partial charge in [-0.1, -0.05) is 29.3 Å². The predicted molar refractivity (Wildman–Crippen MR) is 84.9 cm³/mol. The summed E-state index contributed by atoms with van der Waals surface area (Å²) < 4.78 is 5.30. The molecular formula is C15H20Cl2N2O2. The minimum absolute atomic E-state index is 0.00424. The molecule has 1 aliphatic heterocycles. The number of carbonyl (C=O) groups excluding carboxylic acids is 1. The Hall–Kier alpha value is -0.810. The highest BCUT2D eigenvalue weighted by atomic mass is 35.5. The van der Waals surface area contributed by atoms with Crippen LogP contribution in [0.2, 0.25) is 10.0 Å². The molecule has 1 fully saturated rings. The van der Waals surface area contributed by atoms with Gasteiger partial charge < -0.3 is 10.1 Å². The molecule has 0 aromatic heterocycles. The van der Waals surface area contributed by atoms with Crippen LogP contribution in [0.3, 0.4) is 0 Å². The van der Waals surface area contributed by atoms with Gasteiger partial charge in [-0.05, 0) is 31.5 Å². The first-order valence-corrected chi connectivity index (χ1v) is 7.81. The van der Waals surface area contributed by atoms with Crippen molar-refractivity contribution in [2.75, 3.05) is 26.3 Å². The van der Waals surface area contributed by atoms with Crippen LogP contribution in [0.5, 0.6) is 0 Å². The van der Waals surface area contributed by atoms with E-state index >= 15 is 0 Å². The molecule has 0 spiro atoms. The number of hydrogen-bond donors (Lipinski definition) is 1. The van der Waals surface area contributed by atoms with Crippen molar-refractivity contribution < 1.29 is 9.53 Å². The summed E-state index contributed by atoms with van der Waals surface area (Å²) in [6.45, 7) is 6.75. The van der Waals surface area contributed by atoms with E-state index in [1.54, 1.807) is 12.1 Å². The lowest BCUT2D eigenvalue weighted by atomic mass is 10.1. The molecular weight excluding hydrogens is 311 g/mol. The topological polar surface area (TPSA) is 41.6 Å². The van der Waals surface area contributed by atoms with Crippen LogP contribution in [0.25, 0.3) is 0 Å². The van der Waals surface area contributed by atoms with Gasteiger partial charge in [-0.2, -0.15) is 0 Å². The second-order valence-electron chi connectivity index (χ2n) is 5.22. The van der Waals surface area contributed by atoms with Gasteiger partial charge in [-0.15, -0.1) is 0 Å². The van der Waals surface area contributed by atoms with Crippen molar-refractivity contribution in [3.63, 3.8) is 0 Å². The number of nitrogens with one attached hydrogen (secondary N) is 1. The van der Waals surface area contributed by atoms with Crippen molar-refractivity contribution >= 4 is 29.1 Å². The number of ether oxygens (including phenoxy) is 1. The maximum absolute atomic E-state index is 12.3. The first kappa shape index (κ1) is 16.6. The Bertz CT molecular complexity index is 504. The van der Waals surface area contributed by atoms with E-state index in [1.165, 1.54) is 0 Å². The summed E-state index contributed by atoms with van der Waals surface area (Å²) in [6.07, 6.45) is 0. The van der Waals surface area contributed by atoms with Crippen LogP contribution in [0, 0.1) is 0 Å². The van der Waals surface area contributed by atoms with Crippen LogP contribution >= 0.6 is 23.2 Å². The molecule has 1 heterocycles. The smallest absolute Gasteiger partial charge is 0.237 e. The molecule has 1 N–H and O–H groups in total. The SMILES string of the molecule is C[C@H](NC(=O)[C@@H](C)N1CCOCC1)c1ccc(Cl)cc1Cl. The highest BCUT2D eigenvalue weighted by Gasteiger charge is 2.24. The Morgan fingerprint density at radius 1 is 1.29 bits per heavy atom. The van der Waals surface area contributed by atoms with Crippen molar-refractivity contribution in [3.05, 3.63) is 33.8 Å². The van der Waals surface area contributed by atoms with Gasteiger partial charge in [0.1, 0.15) is 0 Å². The molecule has 21 heavy (non-hydrogen) atoms. The molecule has 1 amide bonds. The standard InChI is InChI=1S/C15H20Cl2N2O2/c1-10(13-4-3-12(16)9-14(13)17)18-15(20)11(2)19-5-7-21-8-6-19/h3-4,9-11H,5-8H2,1-2H3,(H,18,20)/t10-,11+/m0/s1. The van der Waals surface area contributed by atoms with Crippen molar-refractivity contribution in [1.82, 2.24) is 10.2 Å². The highest BCUT2D eigenvalue weighted by Crippen LogP contribution is 2.26. The Kier molecular flexibility index (Phi) is 5.88. The van der Waals surface area contributed by atoms with Crippen LogP contribution in [-0.4, -0.2) is 43.2 Å². The van der Waals surface area contributed by atoms with Gasteiger partial charge in [0, 0.05) is 23.1 Å². The van der Waals surface area contributed by atoms with Crippen LogP contribution in [0.1, 0.15) is 25.5 Å². The lowest BCUT2D eigenvalue weighted by Gasteiger charge is -2.32. The summed E-state index contributed by atoms with van der Waals surface area (Å²) >= 11 is 12.1. The molecule has 2 atom stereocenters. The maximum atomic E-state index is 12.3. The summed E-state index contributed by atoms with van der Waals surface area (Å²) in [5.74, 6) is -0.00424. The quantitative estimate of drug-likeness (QED) is 0.922. The first-order chi connectivity index (χ1) is 9.99. The molecule has 1 aliphatic rings. The van der Waals surface area contributed by atoms with E-state index in [1.807, 2.05) is 19.9 Å². The average molecular weight is 331 g/mol. The second-order valence-corrected chi connectivity index (χ2v) is 6.06. The largest absolute Gasteiger partial charge is 0.379 e. The fraction of sp³-hybridized carbons (Fsp3) is 0.533. The third-order valence-electron chi connectivity index (χ3n) is 3.76. The molecule has 0 bridgehead atoms. The third kappa shape index (κ3) is 4.33. The molecule has 4 nitrogen and oxygen atoms in total. The van der Waals surface area contributed by atoms with Crippen molar-refractivity contribution in [1.29, 1.82) is 0 Å². The average Bonchev–Trinajstić information content (AvgIpc) is 2.47. The zero-order chi connectivity index (χ0) is 15.4. The lowest BCUT2D eigenvalue weighted by Crippen LogP contribution is -2.50. The number of morpholine rings is 1. The summed E-state index contributed by atoms with van der Waals surface area (Å²) in [5, 5.41) is 4.16. The van der Waals surface area contributed by atoms with Gasteiger partial charge in [0.25, 0.3) is 0 Å². The fourth-order valence-corrected chi connectivity index (χ4v) is 2.97. The van der Waals surface area contributed by atoms with Gasteiger partial charge in [-0.3, -0.25) is 9.69 Å². The third-order valence-corrected chi connectivity index (χ3v) is 4.32. The molecule has 0 aliphatic carbocycles. The molecule has 1 aromatic carbocycles. The summed E-state index contributed by atoms with van der Waals surface area (Å²) in [7, 11) is 0. The minimum Gasteiger partial charge on any atom is -0.379 e. The zero-order valence-electron chi connectivity index (χ0n) is 12.2. The van der Waals surface area contributed by atoms with Crippen molar-refractivity contribution in [2.45, 2.75) is 25.9 Å². The molecule has 0 unspecified atom stereocenters. The van der Waals surface area contributed by atoms with Crippen molar-refractivity contribution in [3.8, 4) is 0 Å². The molecule has 2 rings (SSSR count). The molecule has 6 heteroatoms. The van der Waals surface area contributed by atoms with E-state index < -0.39 is 0 Å². The number of nitrogens with zero attached hydrogens (tertiary/aromatic N) is 1. The Morgan fingerprint density at radius 3 is 2.57 bits per heavy atom. The second kappa shape index (κ2) is 7.45. The molecule has 116 valence electrons. The van der Waals surface area contributed by atoms with Crippen LogP contribution in [-0.2, 0) is 9.53 Å². The maximum Gasteiger partial charge on any atom is 0.237 e. The number of hydrogen-bond acceptors (Lipinski definition) is 3. The Morgan fingerprint density at radius 2 is 1.95 bits per heavy atom. The van der Waals surface area contributed by atoms with Crippen LogP contribution in [0.15, 0.2) is 18.2 Å². The van der Waals surface area contributed by atoms with Gasteiger partial charge in [-0.25, -0.2) is 0 Å². The Balaban J connectivity index is 1.97. The van der Waals surface area contributed by atoms with Gasteiger partial charge in [0.15, 0.2) is 0 Å².